The van der Waals surface area contributed by atoms with Crippen molar-refractivity contribution in [3.8, 4) is 40.0 Å². The first-order chi connectivity index (χ1) is 15.4. The number of aryl methyl sites for hydroxylation is 3. The molecule has 2 heterocycles. The number of amides is 1. The number of nitrogens with zero attached hydrogens (tertiary/aromatic N) is 4. The van der Waals surface area contributed by atoms with Crippen LogP contribution in [0.2, 0.25) is 0 Å². The lowest BCUT2D eigenvalue weighted by molar-refractivity contribution is 0.191. The standard InChI is InChI=1S/C23H23N5O4/c1-14-11-17(12-15(2)20(14)31-10-9-24-23(29)30)21-25-22(32-27-21)18-13-19(28(3)26-18)16-7-5-4-6-8-16/h4-8,11-13,24H,9-10H2,1-3H3,(H,29,30). The first kappa shape index (κ1) is 21.1. The van der Waals surface area contributed by atoms with Crippen LogP contribution in [-0.4, -0.2) is 44.3 Å². The molecule has 0 radical (unpaired) electrons. The molecule has 9 nitrogen and oxygen atoms in total. The molecule has 0 spiro atoms. The van der Waals surface area contributed by atoms with E-state index < -0.39 is 6.09 Å². The molecule has 0 saturated heterocycles. The molecule has 0 bridgehead atoms. The van der Waals surface area contributed by atoms with Gasteiger partial charge in [-0.1, -0.05) is 35.5 Å². The van der Waals surface area contributed by atoms with Gasteiger partial charge in [-0.05, 0) is 48.7 Å². The average Bonchev–Trinajstić information content (AvgIpc) is 3.40. The summed E-state index contributed by atoms with van der Waals surface area (Å²) in [5, 5.41) is 19.6. The highest BCUT2D eigenvalue weighted by atomic mass is 16.5. The number of hydrogen-bond acceptors (Lipinski definition) is 6. The topological polar surface area (TPSA) is 115 Å². The summed E-state index contributed by atoms with van der Waals surface area (Å²) in [6.07, 6.45) is -1.07. The third-order valence-electron chi connectivity index (χ3n) is 4.94. The van der Waals surface area contributed by atoms with Crippen LogP contribution in [0.25, 0.3) is 34.2 Å². The van der Waals surface area contributed by atoms with Gasteiger partial charge in [-0.3, -0.25) is 4.68 Å². The van der Waals surface area contributed by atoms with Gasteiger partial charge in [-0.2, -0.15) is 10.1 Å². The van der Waals surface area contributed by atoms with Gasteiger partial charge in [-0.15, -0.1) is 0 Å². The number of ether oxygens (including phenoxy) is 1. The molecule has 0 fully saturated rings. The monoisotopic (exact) mass is 433 g/mol. The molecular weight excluding hydrogens is 410 g/mol. The fraction of sp³-hybridized carbons (Fsp3) is 0.217. The maximum absolute atomic E-state index is 10.5. The average molecular weight is 433 g/mol. The lowest BCUT2D eigenvalue weighted by Gasteiger charge is -2.13. The summed E-state index contributed by atoms with van der Waals surface area (Å²) in [7, 11) is 1.88. The number of rotatable bonds is 7. The SMILES string of the molecule is Cc1cc(-c2noc(-c3cc(-c4ccccc4)n(C)n3)n2)cc(C)c1OCCNC(=O)O. The summed E-state index contributed by atoms with van der Waals surface area (Å²) in [6.45, 7) is 4.28. The first-order valence-corrected chi connectivity index (χ1v) is 10.1. The highest BCUT2D eigenvalue weighted by Crippen LogP contribution is 2.31. The van der Waals surface area contributed by atoms with Crippen LogP contribution < -0.4 is 10.1 Å². The number of hydrogen-bond donors (Lipinski definition) is 2. The molecule has 4 rings (SSSR count). The first-order valence-electron chi connectivity index (χ1n) is 10.1. The second kappa shape index (κ2) is 8.93. The van der Waals surface area contributed by atoms with E-state index in [1.54, 1.807) is 4.68 Å². The number of nitrogens with one attached hydrogen (secondary N) is 1. The molecule has 2 aromatic heterocycles. The second-order valence-electron chi connectivity index (χ2n) is 7.35. The highest BCUT2D eigenvalue weighted by Gasteiger charge is 2.17. The van der Waals surface area contributed by atoms with Gasteiger partial charge in [0.25, 0.3) is 5.89 Å². The minimum atomic E-state index is -1.07. The summed E-state index contributed by atoms with van der Waals surface area (Å²) < 4.78 is 13.0. The third kappa shape index (κ3) is 4.46. The Balaban J connectivity index is 1.54. The van der Waals surface area contributed by atoms with Gasteiger partial charge in [0, 0.05) is 12.6 Å². The normalized spacial score (nSPS) is 10.8. The van der Waals surface area contributed by atoms with E-state index in [-0.39, 0.29) is 13.2 Å². The van der Waals surface area contributed by atoms with Gasteiger partial charge in [-0.25, -0.2) is 4.79 Å². The summed E-state index contributed by atoms with van der Waals surface area (Å²) in [4.78, 5) is 15.1. The molecule has 2 aromatic carbocycles. The van der Waals surface area contributed by atoms with Crippen molar-refractivity contribution in [2.45, 2.75) is 13.8 Å². The van der Waals surface area contributed by atoms with Crippen LogP contribution in [-0.2, 0) is 7.05 Å². The Morgan fingerprint density at radius 3 is 2.53 bits per heavy atom. The van der Waals surface area contributed by atoms with Gasteiger partial charge in [0.15, 0.2) is 5.69 Å². The highest BCUT2D eigenvalue weighted by molar-refractivity contribution is 5.67. The van der Waals surface area contributed by atoms with Crippen LogP contribution in [0.3, 0.4) is 0 Å². The molecule has 0 aliphatic carbocycles. The van der Waals surface area contributed by atoms with E-state index in [4.69, 9.17) is 14.4 Å². The zero-order valence-electron chi connectivity index (χ0n) is 18.0. The smallest absolute Gasteiger partial charge is 0.404 e. The van der Waals surface area contributed by atoms with E-state index >= 15 is 0 Å². The lowest BCUT2D eigenvalue weighted by Crippen LogP contribution is -2.26. The summed E-state index contributed by atoms with van der Waals surface area (Å²) in [6, 6.07) is 15.7. The van der Waals surface area contributed by atoms with Crippen LogP contribution >= 0.6 is 0 Å². The molecule has 9 heteroatoms. The zero-order chi connectivity index (χ0) is 22.7. The number of carboxylic acid groups (broad SMARTS) is 1. The molecule has 0 aliphatic rings. The molecule has 0 atom stereocenters. The van der Waals surface area contributed by atoms with E-state index in [0.29, 0.717) is 23.2 Å². The predicted octanol–water partition coefficient (Wildman–Crippen LogP) is 4.07. The van der Waals surface area contributed by atoms with E-state index in [1.807, 2.05) is 69.4 Å². The Kier molecular flexibility index (Phi) is 5.89. The van der Waals surface area contributed by atoms with Gasteiger partial charge >= 0.3 is 6.09 Å². The Bertz CT molecular complexity index is 1220. The maximum Gasteiger partial charge on any atom is 0.404 e. The van der Waals surface area contributed by atoms with Crippen LogP contribution in [0.15, 0.2) is 53.1 Å². The summed E-state index contributed by atoms with van der Waals surface area (Å²) in [5.41, 5.74) is 5.19. The van der Waals surface area contributed by atoms with Crippen LogP contribution in [0, 0.1) is 13.8 Å². The van der Waals surface area contributed by atoms with Crippen molar-refractivity contribution < 1.29 is 19.2 Å². The Morgan fingerprint density at radius 1 is 1.12 bits per heavy atom. The molecule has 0 aliphatic heterocycles. The van der Waals surface area contributed by atoms with Gasteiger partial charge in [0.1, 0.15) is 12.4 Å². The molecule has 32 heavy (non-hydrogen) atoms. The molecular formula is C23H23N5O4. The fourth-order valence-corrected chi connectivity index (χ4v) is 3.51. The summed E-state index contributed by atoms with van der Waals surface area (Å²) >= 11 is 0. The third-order valence-corrected chi connectivity index (χ3v) is 4.94. The van der Waals surface area contributed by atoms with Crippen molar-refractivity contribution in [2.24, 2.45) is 7.05 Å². The van der Waals surface area contributed by atoms with Crippen molar-refractivity contribution in [3.63, 3.8) is 0 Å². The van der Waals surface area contributed by atoms with E-state index in [2.05, 4.69) is 20.6 Å². The Morgan fingerprint density at radius 2 is 1.84 bits per heavy atom. The number of benzene rings is 2. The van der Waals surface area contributed by atoms with Crippen molar-refractivity contribution in [3.05, 3.63) is 59.7 Å². The van der Waals surface area contributed by atoms with Crippen LogP contribution in [0.1, 0.15) is 11.1 Å². The molecule has 164 valence electrons. The quantitative estimate of drug-likeness (QED) is 0.422. The minimum absolute atomic E-state index is 0.208. The largest absolute Gasteiger partial charge is 0.491 e. The number of carbonyl (C=O) groups is 1. The predicted molar refractivity (Wildman–Crippen MR) is 118 cm³/mol. The van der Waals surface area contributed by atoms with Crippen molar-refractivity contribution in [1.82, 2.24) is 25.2 Å². The molecule has 2 N–H and O–H groups in total. The van der Waals surface area contributed by atoms with Crippen molar-refractivity contribution in [2.75, 3.05) is 13.2 Å². The number of aromatic nitrogens is 4. The van der Waals surface area contributed by atoms with Gasteiger partial charge in [0.2, 0.25) is 5.82 Å². The van der Waals surface area contributed by atoms with E-state index in [1.165, 1.54) is 0 Å². The van der Waals surface area contributed by atoms with Crippen molar-refractivity contribution in [1.29, 1.82) is 0 Å². The lowest BCUT2D eigenvalue weighted by atomic mass is 10.1. The maximum atomic E-state index is 10.5. The van der Waals surface area contributed by atoms with Crippen LogP contribution in [0.4, 0.5) is 4.79 Å². The van der Waals surface area contributed by atoms with Crippen LogP contribution in [0.5, 0.6) is 5.75 Å². The van der Waals surface area contributed by atoms with E-state index in [0.717, 1.165) is 27.9 Å². The molecule has 0 unspecified atom stereocenters. The molecule has 4 aromatic rings. The Labute approximate surface area is 184 Å². The second-order valence-corrected chi connectivity index (χ2v) is 7.35. The minimum Gasteiger partial charge on any atom is -0.491 e. The Hall–Kier alpha value is -4.14. The van der Waals surface area contributed by atoms with Gasteiger partial charge < -0.3 is 19.7 Å². The fourth-order valence-electron chi connectivity index (χ4n) is 3.51. The zero-order valence-corrected chi connectivity index (χ0v) is 18.0. The van der Waals surface area contributed by atoms with Crippen molar-refractivity contribution >= 4 is 6.09 Å². The van der Waals surface area contributed by atoms with E-state index in [9.17, 15) is 4.79 Å². The molecule has 1 amide bonds. The van der Waals surface area contributed by atoms with Gasteiger partial charge in [0.05, 0.1) is 12.2 Å². The molecule has 0 saturated carbocycles. The summed E-state index contributed by atoms with van der Waals surface area (Å²) in [5.74, 6) is 1.51.